The van der Waals surface area contributed by atoms with Gasteiger partial charge in [-0.05, 0) is 49.3 Å². The lowest BCUT2D eigenvalue weighted by Gasteiger charge is -2.46. The molecule has 2 aromatic rings. The number of aromatic amines is 1. The number of amides is 1. The quantitative estimate of drug-likeness (QED) is 0.561. The van der Waals surface area contributed by atoms with E-state index in [1.54, 1.807) is 20.5 Å². The molecule has 2 aliphatic heterocycles. The molecule has 4 rings (SSSR count). The van der Waals surface area contributed by atoms with Gasteiger partial charge in [-0.2, -0.15) is 0 Å². The molecule has 2 aliphatic rings. The van der Waals surface area contributed by atoms with E-state index in [9.17, 15) is 4.79 Å². The van der Waals surface area contributed by atoms with Crippen LogP contribution >= 0.6 is 0 Å². The third-order valence-corrected chi connectivity index (χ3v) is 6.85. The lowest BCUT2D eigenvalue weighted by atomic mass is 9.74. The smallest absolute Gasteiger partial charge is 0.250 e. The number of fused-ring (bicyclic) bond motifs is 5. The molecule has 1 aromatic carbocycles. The molecule has 1 amide bonds. The standard InChI is InChI=1S/C24H33N3O3/c1-5-15-13-27-11-10-16-22-19(8-7-9-21(22)30-4)26-23(16)20(27)12-17(15)18(14-29-3)24(28)25-6-2/h7-9,14-15,17,20,26H,5-6,10-13H2,1-4H3,(H,25,28)/b18-14+/t15-,17+,20+/m1/s1. The van der Waals surface area contributed by atoms with Gasteiger partial charge in [0, 0.05) is 36.2 Å². The highest BCUT2D eigenvalue weighted by Gasteiger charge is 2.42. The minimum atomic E-state index is -0.00870. The Labute approximate surface area is 178 Å². The predicted octanol–water partition coefficient (Wildman–Crippen LogP) is 3.79. The third-order valence-electron chi connectivity index (χ3n) is 6.85. The van der Waals surface area contributed by atoms with E-state index in [4.69, 9.17) is 9.47 Å². The number of H-pyrrole nitrogens is 1. The zero-order valence-corrected chi connectivity index (χ0v) is 18.5. The number of hydrogen-bond donors (Lipinski definition) is 2. The Balaban J connectivity index is 1.74. The molecule has 1 aromatic heterocycles. The molecule has 0 radical (unpaired) electrons. The van der Waals surface area contributed by atoms with Crippen molar-refractivity contribution in [1.82, 2.24) is 15.2 Å². The summed E-state index contributed by atoms with van der Waals surface area (Å²) in [6, 6.07) is 6.47. The number of likely N-dealkylation sites (N-methyl/N-ethyl adjacent to an activating group) is 1. The average molecular weight is 412 g/mol. The minimum absolute atomic E-state index is 0.00870. The largest absolute Gasteiger partial charge is 0.504 e. The molecule has 162 valence electrons. The van der Waals surface area contributed by atoms with Gasteiger partial charge in [-0.15, -0.1) is 0 Å². The first-order valence-corrected chi connectivity index (χ1v) is 11.0. The van der Waals surface area contributed by atoms with E-state index in [1.807, 2.05) is 19.1 Å². The second-order valence-corrected chi connectivity index (χ2v) is 8.34. The van der Waals surface area contributed by atoms with Crippen molar-refractivity contribution in [1.29, 1.82) is 0 Å². The highest BCUT2D eigenvalue weighted by Crippen LogP contribution is 2.46. The van der Waals surface area contributed by atoms with Gasteiger partial charge < -0.3 is 19.8 Å². The van der Waals surface area contributed by atoms with Gasteiger partial charge in [-0.1, -0.05) is 19.4 Å². The SMILES string of the molecule is CCNC(=O)/C(=C/OC)[C@H]1C[C@H]2c3[nH]c4cccc(OC)c4c3CCN2C[C@H]1CC. The number of ether oxygens (including phenoxy) is 2. The van der Waals surface area contributed by atoms with Crippen LogP contribution in [0.4, 0.5) is 0 Å². The molecule has 3 atom stereocenters. The van der Waals surface area contributed by atoms with Crippen molar-refractivity contribution in [3.8, 4) is 5.75 Å². The molecule has 6 nitrogen and oxygen atoms in total. The lowest BCUT2D eigenvalue weighted by molar-refractivity contribution is -0.118. The third kappa shape index (κ3) is 3.47. The van der Waals surface area contributed by atoms with Crippen molar-refractivity contribution in [2.45, 2.75) is 39.2 Å². The summed E-state index contributed by atoms with van der Waals surface area (Å²) in [5, 5.41) is 4.18. The molecule has 0 spiro atoms. The van der Waals surface area contributed by atoms with Gasteiger partial charge in [0.25, 0.3) is 5.91 Å². The number of carbonyl (C=O) groups is 1. The molecule has 2 N–H and O–H groups in total. The molecule has 3 heterocycles. The molecule has 1 fully saturated rings. The van der Waals surface area contributed by atoms with Crippen LogP contribution in [-0.2, 0) is 16.0 Å². The predicted molar refractivity (Wildman–Crippen MR) is 119 cm³/mol. The fraction of sp³-hybridized carbons (Fsp3) is 0.542. The van der Waals surface area contributed by atoms with Crippen molar-refractivity contribution in [2.75, 3.05) is 33.9 Å². The molecule has 0 saturated carbocycles. The summed E-state index contributed by atoms with van der Waals surface area (Å²) in [6.07, 6.45) is 4.63. The van der Waals surface area contributed by atoms with E-state index in [1.165, 1.54) is 16.6 Å². The van der Waals surface area contributed by atoms with Gasteiger partial charge in [-0.25, -0.2) is 0 Å². The Hall–Kier alpha value is -2.47. The van der Waals surface area contributed by atoms with E-state index in [-0.39, 0.29) is 17.9 Å². The highest BCUT2D eigenvalue weighted by molar-refractivity contribution is 5.94. The molecule has 6 heteroatoms. The Morgan fingerprint density at radius 2 is 2.17 bits per heavy atom. The fourth-order valence-electron chi connectivity index (χ4n) is 5.45. The van der Waals surface area contributed by atoms with E-state index >= 15 is 0 Å². The summed E-state index contributed by atoms with van der Waals surface area (Å²) in [5.74, 6) is 1.53. The number of carbonyl (C=O) groups excluding carboxylic acids is 1. The fourth-order valence-corrected chi connectivity index (χ4v) is 5.45. The first-order chi connectivity index (χ1) is 14.6. The summed E-state index contributed by atoms with van der Waals surface area (Å²) in [7, 11) is 3.36. The van der Waals surface area contributed by atoms with Crippen LogP contribution in [0.2, 0.25) is 0 Å². The average Bonchev–Trinajstić information content (AvgIpc) is 3.16. The number of piperidine rings is 1. The lowest BCUT2D eigenvalue weighted by Crippen LogP contribution is -2.47. The zero-order chi connectivity index (χ0) is 21.3. The highest BCUT2D eigenvalue weighted by atomic mass is 16.5. The van der Waals surface area contributed by atoms with Crippen LogP contribution in [-0.4, -0.2) is 49.6 Å². The molecular weight excluding hydrogens is 378 g/mol. The molecule has 0 unspecified atom stereocenters. The van der Waals surface area contributed by atoms with Crippen LogP contribution in [0, 0.1) is 11.8 Å². The van der Waals surface area contributed by atoms with Gasteiger partial charge >= 0.3 is 0 Å². The van der Waals surface area contributed by atoms with Gasteiger partial charge in [0.05, 0.1) is 32.1 Å². The molecular formula is C24H33N3O3. The molecule has 1 saturated heterocycles. The second-order valence-electron chi connectivity index (χ2n) is 8.34. The summed E-state index contributed by atoms with van der Waals surface area (Å²) in [4.78, 5) is 19.1. The number of hydrogen-bond acceptors (Lipinski definition) is 4. The first-order valence-electron chi connectivity index (χ1n) is 11.0. The number of methoxy groups -OCH3 is 2. The topological polar surface area (TPSA) is 66.6 Å². The second kappa shape index (κ2) is 8.72. The van der Waals surface area contributed by atoms with E-state index in [0.717, 1.165) is 49.2 Å². The van der Waals surface area contributed by atoms with Crippen LogP contribution in [0.5, 0.6) is 5.75 Å². The van der Waals surface area contributed by atoms with E-state index < -0.39 is 0 Å². The van der Waals surface area contributed by atoms with Crippen molar-refractivity contribution < 1.29 is 14.3 Å². The van der Waals surface area contributed by atoms with Crippen molar-refractivity contribution in [3.63, 3.8) is 0 Å². The molecule has 0 bridgehead atoms. The van der Waals surface area contributed by atoms with Crippen LogP contribution in [0.15, 0.2) is 30.0 Å². The summed E-state index contributed by atoms with van der Waals surface area (Å²) in [6.45, 7) is 6.83. The Morgan fingerprint density at radius 1 is 1.33 bits per heavy atom. The maximum absolute atomic E-state index is 12.8. The maximum atomic E-state index is 12.8. The Kier molecular flexibility index (Phi) is 6.04. The Morgan fingerprint density at radius 3 is 2.87 bits per heavy atom. The van der Waals surface area contributed by atoms with Crippen LogP contribution < -0.4 is 10.1 Å². The van der Waals surface area contributed by atoms with Crippen LogP contribution in [0.1, 0.15) is 44.0 Å². The monoisotopic (exact) mass is 411 g/mol. The van der Waals surface area contributed by atoms with Gasteiger partial charge in [0.2, 0.25) is 0 Å². The van der Waals surface area contributed by atoms with Gasteiger partial charge in [0.15, 0.2) is 0 Å². The van der Waals surface area contributed by atoms with E-state index in [2.05, 4.69) is 28.2 Å². The number of benzene rings is 1. The van der Waals surface area contributed by atoms with Crippen LogP contribution in [0.3, 0.4) is 0 Å². The van der Waals surface area contributed by atoms with Crippen molar-refractivity contribution in [3.05, 3.63) is 41.3 Å². The summed E-state index contributed by atoms with van der Waals surface area (Å²) >= 11 is 0. The summed E-state index contributed by atoms with van der Waals surface area (Å²) in [5.41, 5.74) is 4.55. The van der Waals surface area contributed by atoms with Gasteiger partial charge in [0.1, 0.15) is 5.75 Å². The van der Waals surface area contributed by atoms with Gasteiger partial charge in [-0.3, -0.25) is 9.69 Å². The number of nitrogens with one attached hydrogen (secondary N) is 2. The Bertz CT molecular complexity index is 949. The minimum Gasteiger partial charge on any atom is -0.504 e. The molecule has 0 aliphatic carbocycles. The molecule has 30 heavy (non-hydrogen) atoms. The summed E-state index contributed by atoms with van der Waals surface area (Å²) < 4.78 is 11.0. The zero-order valence-electron chi connectivity index (χ0n) is 18.5. The van der Waals surface area contributed by atoms with Crippen molar-refractivity contribution in [2.24, 2.45) is 11.8 Å². The van der Waals surface area contributed by atoms with Crippen molar-refractivity contribution >= 4 is 16.8 Å². The normalized spacial score (nSPS) is 24.3. The first kappa shape index (κ1) is 20.8. The van der Waals surface area contributed by atoms with E-state index in [0.29, 0.717) is 12.5 Å². The maximum Gasteiger partial charge on any atom is 0.250 e. The number of nitrogens with zero attached hydrogens (tertiary/aromatic N) is 1. The number of rotatable bonds is 6. The van der Waals surface area contributed by atoms with Crippen LogP contribution in [0.25, 0.3) is 10.9 Å². The number of aromatic nitrogens is 1.